The van der Waals surface area contributed by atoms with E-state index in [1.165, 1.54) is 18.6 Å². The number of amides is 1. The maximum atomic E-state index is 13.5. The number of hydrogen-bond donors (Lipinski definition) is 0. The van der Waals surface area contributed by atoms with Gasteiger partial charge in [-0.05, 0) is 54.7 Å². The van der Waals surface area contributed by atoms with E-state index in [1.807, 2.05) is 17.0 Å². The largest absolute Gasteiger partial charge is 0.493 e. The molecule has 176 valence electrons. The Morgan fingerprint density at radius 3 is 2.36 bits per heavy atom. The molecule has 8 heteroatoms. The molecule has 4 rings (SSSR count). The van der Waals surface area contributed by atoms with Crippen molar-refractivity contribution in [2.75, 3.05) is 27.4 Å². The lowest BCUT2D eigenvalue weighted by molar-refractivity contribution is -0.384. The zero-order chi connectivity index (χ0) is 23.4. The van der Waals surface area contributed by atoms with Gasteiger partial charge in [0, 0.05) is 24.6 Å². The number of nitro benzene ring substituents is 1. The molecule has 0 radical (unpaired) electrons. The minimum Gasteiger partial charge on any atom is -0.493 e. The highest BCUT2D eigenvalue weighted by Gasteiger charge is 2.36. The van der Waals surface area contributed by atoms with Crippen molar-refractivity contribution in [2.24, 2.45) is 5.92 Å². The number of non-ortho nitro benzene ring substituents is 1. The predicted molar refractivity (Wildman–Crippen MR) is 123 cm³/mol. The summed E-state index contributed by atoms with van der Waals surface area (Å²) in [5, 5.41) is 10.9. The molecule has 0 N–H and O–H groups in total. The summed E-state index contributed by atoms with van der Waals surface area (Å²) in [7, 11) is 3.21. The Labute approximate surface area is 193 Å². The van der Waals surface area contributed by atoms with Gasteiger partial charge in [0.05, 0.1) is 25.2 Å². The van der Waals surface area contributed by atoms with E-state index >= 15 is 0 Å². The highest BCUT2D eigenvalue weighted by molar-refractivity contribution is 5.80. The molecule has 33 heavy (non-hydrogen) atoms. The standard InChI is InChI=1S/C25H30N2O6/c1-31-23-14-18-12-13-26(25(28)17-6-4-3-5-7-17)22(21(18)15-24(23)32-2)16-33-20-10-8-19(9-11-20)27(29)30/h8-11,14-15,17,22H,3-7,12-13,16H2,1-2H3. The van der Waals surface area contributed by atoms with Crippen LogP contribution in [0.5, 0.6) is 17.2 Å². The lowest BCUT2D eigenvalue weighted by atomic mass is 9.86. The van der Waals surface area contributed by atoms with Crippen molar-refractivity contribution in [1.29, 1.82) is 0 Å². The second-order valence-electron chi connectivity index (χ2n) is 8.60. The maximum Gasteiger partial charge on any atom is 0.269 e. The van der Waals surface area contributed by atoms with Gasteiger partial charge in [-0.1, -0.05) is 19.3 Å². The third-order valence-electron chi connectivity index (χ3n) is 6.70. The first-order valence-corrected chi connectivity index (χ1v) is 11.4. The van der Waals surface area contributed by atoms with Gasteiger partial charge in [0.15, 0.2) is 11.5 Å². The van der Waals surface area contributed by atoms with Gasteiger partial charge in [0.1, 0.15) is 12.4 Å². The van der Waals surface area contributed by atoms with E-state index in [0.29, 0.717) is 23.8 Å². The van der Waals surface area contributed by atoms with Gasteiger partial charge in [-0.15, -0.1) is 0 Å². The van der Waals surface area contributed by atoms with Gasteiger partial charge in [-0.3, -0.25) is 14.9 Å². The number of nitro groups is 1. The summed E-state index contributed by atoms with van der Waals surface area (Å²) in [6.07, 6.45) is 5.98. The van der Waals surface area contributed by atoms with Gasteiger partial charge < -0.3 is 19.1 Å². The van der Waals surface area contributed by atoms with Gasteiger partial charge in [0.25, 0.3) is 5.69 Å². The summed E-state index contributed by atoms with van der Waals surface area (Å²) in [6, 6.07) is 9.66. The second-order valence-corrected chi connectivity index (χ2v) is 8.60. The van der Waals surface area contributed by atoms with Crippen LogP contribution in [-0.4, -0.2) is 43.1 Å². The summed E-state index contributed by atoms with van der Waals surface area (Å²) in [6.45, 7) is 0.866. The lowest BCUT2D eigenvalue weighted by Gasteiger charge is -2.40. The van der Waals surface area contributed by atoms with Crippen LogP contribution in [0.2, 0.25) is 0 Å². The quantitative estimate of drug-likeness (QED) is 0.445. The Bertz CT molecular complexity index is 1000. The van der Waals surface area contributed by atoms with E-state index in [2.05, 4.69) is 0 Å². The smallest absolute Gasteiger partial charge is 0.269 e. The number of ether oxygens (including phenoxy) is 3. The molecule has 8 nitrogen and oxygen atoms in total. The number of carbonyl (C=O) groups excluding carboxylic acids is 1. The average Bonchev–Trinajstić information content (AvgIpc) is 2.86. The zero-order valence-electron chi connectivity index (χ0n) is 19.1. The SMILES string of the molecule is COc1cc2c(cc1OC)C(COc1ccc([N+](=O)[O-])cc1)N(C(=O)C1CCCCC1)CC2. The average molecular weight is 455 g/mol. The molecule has 1 unspecified atom stereocenters. The number of nitrogens with zero attached hydrogens (tertiary/aromatic N) is 2. The Hall–Kier alpha value is -3.29. The fourth-order valence-corrected chi connectivity index (χ4v) is 4.89. The van der Waals surface area contributed by atoms with Gasteiger partial charge >= 0.3 is 0 Å². The zero-order valence-corrected chi connectivity index (χ0v) is 19.1. The number of methoxy groups -OCH3 is 2. The van der Waals surface area contributed by atoms with Crippen LogP contribution in [0.15, 0.2) is 36.4 Å². The summed E-state index contributed by atoms with van der Waals surface area (Å²) in [4.78, 5) is 26.0. The van der Waals surface area contributed by atoms with Crippen molar-refractivity contribution in [1.82, 2.24) is 4.90 Å². The molecular weight excluding hydrogens is 424 g/mol. The molecule has 1 amide bonds. The molecule has 0 bridgehead atoms. The van der Waals surface area contributed by atoms with Gasteiger partial charge in [0.2, 0.25) is 5.91 Å². The van der Waals surface area contributed by atoms with Crippen LogP contribution in [-0.2, 0) is 11.2 Å². The van der Waals surface area contributed by atoms with Crippen molar-refractivity contribution in [3.8, 4) is 17.2 Å². The summed E-state index contributed by atoms with van der Waals surface area (Å²) in [5.74, 6) is 2.05. The predicted octanol–water partition coefficient (Wildman–Crippen LogP) is 4.70. The Morgan fingerprint density at radius 1 is 1.06 bits per heavy atom. The molecule has 2 aromatic rings. The molecule has 0 spiro atoms. The third kappa shape index (κ3) is 4.89. The van der Waals surface area contributed by atoms with E-state index < -0.39 is 4.92 Å². The van der Waals surface area contributed by atoms with E-state index in [4.69, 9.17) is 14.2 Å². The molecule has 1 aliphatic heterocycles. The van der Waals surface area contributed by atoms with E-state index in [1.54, 1.807) is 26.4 Å². The molecule has 1 fully saturated rings. The Kier molecular flexibility index (Phi) is 7.01. The number of benzene rings is 2. The van der Waals surface area contributed by atoms with Crippen LogP contribution in [0.25, 0.3) is 0 Å². The molecule has 1 saturated carbocycles. The fourth-order valence-electron chi connectivity index (χ4n) is 4.89. The number of fused-ring (bicyclic) bond motifs is 1. The normalized spacial score (nSPS) is 18.4. The molecule has 2 aliphatic rings. The molecular formula is C25H30N2O6. The molecule has 0 aromatic heterocycles. The molecule has 1 heterocycles. The minimum atomic E-state index is -0.439. The first-order valence-electron chi connectivity index (χ1n) is 11.4. The lowest BCUT2D eigenvalue weighted by Crippen LogP contribution is -2.45. The monoisotopic (exact) mass is 454 g/mol. The van der Waals surface area contributed by atoms with Crippen LogP contribution in [0.3, 0.4) is 0 Å². The number of carbonyl (C=O) groups is 1. The van der Waals surface area contributed by atoms with Gasteiger partial charge in [-0.25, -0.2) is 0 Å². The van der Waals surface area contributed by atoms with Crippen molar-refractivity contribution in [3.63, 3.8) is 0 Å². The van der Waals surface area contributed by atoms with Crippen LogP contribution in [0.4, 0.5) is 5.69 Å². The van der Waals surface area contributed by atoms with E-state index in [9.17, 15) is 14.9 Å². The van der Waals surface area contributed by atoms with Crippen LogP contribution in [0, 0.1) is 16.0 Å². The molecule has 1 aliphatic carbocycles. The second kappa shape index (κ2) is 10.1. The highest BCUT2D eigenvalue weighted by Crippen LogP contribution is 2.40. The molecule has 2 aromatic carbocycles. The van der Waals surface area contributed by atoms with Crippen LogP contribution >= 0.6 is 0 Å². The van der Waals surface area contributed by atoms with Crippen molar-refractivity contribution < 1.29 is 23.9 Å². The fraction of sp³-hybridized carbons (Fsp3) is 0.480. The van der Waals surface area contributed by atoms with E-state index in [0.717, 1.165) is 43.2 Å². The van der Waals surface area contributed by atoms with Gasteiger partial charge in [-0.2, -0.15) is 0 Å². The topological polar surface area (TPSA) is 91.1 Å². The first kappa shape index (κ1) is 22.9. The summed E-state index contributed by atoms with van der Waals surface area (Å²) < 4.78 is 17.0. The maximum absolute atomic E-state index is 13.5. The van der Waals surface area contributed by atoms with Crippen molar-refractivity contribution in [2.45, 2.75) is 44.6 Å². The number of hydrogen-bond acceptors (Lipinski definition) is 6. The summed E-state index contributed by atoms with van der Waals surface area (Å²) >= 11 is 0. The third-order valence-corrected chi connectivity index (χ3v) is 6.70. The van der Waals surface area contributed by atoms with E-state index in [-0.39, 0.29) is 30.2 Å². The Balaban J connectivity index is 1.62. The van der Waals surface area contributed by atoms with Crippen molar-refractivity contribution in [3.05, 3.63) is 57.6 Å². The van der Waals surface area contributed by atoms with Crippen LogP contribution in [0.1, 0.15) is 49.3 Å². The van der Waals surface area contributed by atoms with Crippen LogP contribution < -0.4 is 14.2 Å². The molecule has 1 atom stereocenters. The first-order chi connectivity index (χ1) is 16.0. The van der Waals surface area contributed by atoms with Crippen molar-refractivity contribution >= 4 is 11.6 Å². The number of rotatable bonds is 7. The molecule has 0 saturated heterocycles. The minimum absolute atomic E-state index is 0.0105. The Morgan fingerprint density at radius 2 is 1.73 bits per heavy atom. The summed E-state index contributed by atoms with van der Waals surface area (Å²) in [5.41, 5.74) is 2.11. The highest BCUT2D eigenvalue weighted by atomic mass is 16.6.